The average molecular weight is 448 g/mol. The van der Waals surface area contributed by atoms with Crippen LogP contribution in [0.25, 0.3) is 20.8 Å². The number of carbonyl (C=O) groups is 2. The highest BCUT2D eigenvalue weighted by Gasteiger charge is 2.17. The van der Waals surface area contributed by atoms with Crippen molar-refractivity contribution in [1.82, 2.24) is 4.98 Å². The summed E-state index contributed by atoms with van der Waals surface area (Å²) in [5.74, 6) is -0.662. The number of aromatic nitrogens is 1. The minimum atomic E-state index is -0.817. The minimum absolute atomic E-state index is 0.341. The molecule has 4 rings (SSSR count). The summed E-state index contributed by atoms with van der Waals surface area (Å²) in [6, 6.07) is 18.3. The first-order valence-corrected chi connectivity index (χ1v) is 10.6. The van der Waals surface area contributed by atoms with Crippen molar-refractivity contribution in [3.05, 3.63) is 66.2 Å². The second-order valence-electron chi connectivity index (χ2n) is 7.04. The molecule has 0 aliphatic heterocycles. The van der Waals surface area contributed by atoms with E-state index in [2.05, 4.69) is 28.6 Å². The second-order valence-corrected chi connectivity index (χ2v) is 8.07. The van der Waals surface area contributed by atoms with Crippen LogP contribution < -0.4 is 20.1 Å². The first kappa shape index (κ1) is 21.3. The smallest absolute Gasteiger partial charge is 0.314 e. The quantitative estimate of drug-likeness (QED) is 0.426. The Bertz CT molecular complexity index is 1300. The molecule has 0 saturated heterocycles. The fourth-order valence-corrected chi connectivity index (χ4v) is 4.20. The molecular formula is C24H21N3O4S. The Hall–Kier alpha value is -3.91. The van der Waals surface area contributed by atoms with E-state index in [1.54, 1.807) is 41.7 Å². The highest BCUT2D eigenvalue weighted by atomic mass is 32.1. The lowest BCUT2D eigenvalue weighted by Gasteiger charge is -2.12. The van der Waals surface area contributed by atoms with Gasteiger partial charge < -0.3 is 20.1 Å². The van der Waals surface area contributed by atoms with Crippen LogP contribution in [0.1, 0.15) is 5.56 Å². The molecule has 0 unspecified atom stereocenters. The Morgan fingerprint density at radius 2 is 1.62 bits per heavy atom. The van der Waals surface area contributed by atoms with Crippen LogP contribution in [0, 0.1) is 6.92 Å². The highest BCUT2D eigenvalue weighted by Crippen LogP contribution is 2.31. The number of hydrogen-bond acceptors (Lipinski definition) is 6. The van der Waals surface area contributed by atoms with Gasteiger partial charge in [-0.25, -0.2) is 4.98 Å². The van der Waals surface area contributed by atoms with Crippen LogP contribution in [-0.4, -0.2) is 31.0 Å². The molecule has 7 nitrogen and oxygen atoms in total. The zero-order chi connectivity index (χ0) is 22.7. The van der Waals surface area contributed by atoms with E-state index in [9.17, 15) is 9.59 Å². The summed E-state index contributed by atoms with van der Waals surface area (Å²) in [6.45, 7) is 2.05. The summed E-state index contributed by atoms with van der Waals surface area (Å²) >= 11 is 1.61. The van der Waals surface area contributed by atoms with Gasteiger partial charge in [0.05, 0.1) is 30.1 Å². The van der Waals surface area contributed by atoms with Crippen LogP contribution in [-0.2, 0) is 9.59 Å². The Kier molecular flexibility index (Phi) is 6.04. The number of nitrogens with zero attached hydrogens (tertiary/aromatic N) is 1. The fraction of sp³-hybridized carbons (Fsp3) is 0.125. The van der Waals surface area contributed by atoms with Crippen LogP contribution >= 0.6 is 11.3 Å². The number of nitrogens with one attached hydrogen (secondary N) is 2. The molecule has 0 aliphatic rings. The Morgan fingerprint density at radius 1 is 0.875 bits per heavy atom. The Labute approximate surface area is 189 Å². The third-order valence-electron chi connectivity index (χ3n) is 4.79. The van der Waals surface area contributed by atoms with Gasteiger partial charge in [0.15, 0.2) is 0 Å². The lowest BCUT2D eigenvalue weighted by Crippen LogP contribution is -2.29. The molecular weight excluding hydrogens is 426 g/mol. The summed E-state index contributed by atoms with van der Waals surface area (Å²) in [4.78, 5) is 29.4. The number of rotatable bonds is 5. The van der Waals surface area contributed by atoms with Crippen LogP contribution in [0.2, 0.25) is 0 Å². The Balaban J connectivity index is 1.45. The number of carbonyl (C=O) groups excluding carboxylic acids is 2. The number of thiazole rings is 1. The van der Waals surface area contributed by atoms with Crippen molar-refractivity contribution in [3.8, 4) is 22.1 Å². The van der Waals surface area contributed by atoms with Gasteiger partial charge in [-0.3, -0.25) is 9.59 Å². The third-order valence-corrected chi connectivity index (χ3v) is 5.86. The zero-order valence-corrected chi connectivity index (χ0v) is 18.6. The van der Waals surface area contributed by atoms with E-state index in [1.165, 1.54) is 19.8 Å². The van der Waals surface area contributed by atoms with E-state index < -0.39 is 11.8 Å². The normalized spacial score (nSPS) is 10.6. The van der Waals surface area contributed by atoms with Gasteiger partial charge in [-0.1, -0.05) is 6.07 Å². The lowest BCUT2D eigenvalue weighted by molar-refractivity contribution is -0.133. The van der Waals surface area contributed by atoms with Gasteiger partial charge in [-0.2, -0.15) is 0 Å². The molecule has 3 aromatic carbocycles. The SMILES string of the molecule is COc1ccc(OC)c(NC(=O)C(=O)Nc2ccc(-c3nc4ccc(C)cc4s3)cc2)c1. The van der Waals surface area contributed by atoms with E-state index in [-0.39, 0.29) is 0 Å². The standard InChI is InChI=1S/C24H21N3O4S/c1-14-4-10-18-21(12-14)32-24(27-18)15-5-7-16(8-6-15)25-22(28)23(29)26-19-13-17(30-2)9-11-20(19)31-3/h4-13H,1-3H3,(H,25,28)(H,26,29). The molecule has 4 aromatic rings. The molecule has 0 bridgehead atoms. The maximum atomic E-state index is 12.4. The number of amides is 2. The number of methoxy groups -OCH3 is 2. The number of anilines is 2. The van der Waals surface area contributed by atoms with Gasteiger partial charge in [0.1, 0.15) is 16.5 Å². The molecule has 0 radical (unpaired) electrons. The molecule has 0 atom stereocenters. The van der Waals surface area contributed by atoms with Crippen molar-refractivity contribution in [2.45, 2.75) is 6.92 Å². The number of fused-ring (bicyclic) bond motifs is 1. The van der Waals surface area contributed by atoms with Crippen molar-refractivity contribution in [1.29, 1.82) is 0 Å². The average Bonchev–Trinajstić information content (AvgIpc) is 3.22. The monoisotopic (exact) mass is 447 g/mol. The second kappa shape index (κ2) is 9.07. The minimum Gasteiger partial charge on any atom is -0.497 e. The summed E-state index contributed by atoms with van der Waals surface area (Å²) in [7, 11) is 2.99. The van der Waals surface area contributed by atoms with Gasteiger partial charge in [-0.15, -0.1) is 11.3 Å². The van der Waals surface area contributed by atoms with Crippen molar-refractivity contribution in [2.24, 2.45) is 0 Å². The van der Waals surface area contributed by atoms with E-state index in [0.29, 0.717) is 22.9 Å². The van der Waals surface area contributed by atoms with Gasteiger partial charge in [0.25, 0.3) is 0 Å². The molecule has 32 heavy (non-hydrogen) atoms. The van der Waals surface area contributed by atoms with E-state index >= 15 is 0 Å². The molecule has 1 heterocycles. The first-order valence-electron chi connectivity index (χ1n) is 9.79. The van der Waals surface area contributed by atoms with Crippen LogP contribution in [0.4, 0.5) is 11.4 Å². The Morgan fingerprint density at radius 3 is 2.34 bits per heavy atom. The predicted molar refractivity (Wildman–Crippen MR) is 127 cm³/mol. The van der Waals surface area contributed by atoms with Gasteiger partial charge >= 0.3 is 11.8 Å². The van der Waals surface area contributed by atoms with Crippen LogP contribution in [0.5, 0.6) is 11.5 Å². The van der Waals surface area contributed by atoms with E-state index in [0.717, 1.165) is 20.8 Å². The van der Waals surface area contributed by atoms with Crippen molar-refractivity contribution >= 4 is 44.7 Å². The fourth-order valence-electron chi connectivity index (χ4n) is 3.13. The zero-order valence-electron chi connectivity index (χ0n) is 17.8. The van der Waals surface area contributed by atoms with Crippen LogP contribution in [0.15, 0.2) is 60.7 Å². The topological polar surface area (TPSA) is 89.5 Å². The summed E-state index contributed by atoms with van der Waals surface area (Å²) in [5, 5.41) is 6.04. The van der Waals surface area contributed by atoms with Gasteiger partial charge in [-0.05, 0) is 61.0 Å². The number of hydrogen-bond donors (Lipinski definition) is 2. The predicted octanol–water partition coefficient (Wildman–Crippen LogP) is 4.87. The summed E-state index contributed by atoms with van der Waals surface area (Å²) in [6.07, 6.45) is 0. The molecule has 0 spiro atoms. The van der Waals surface area contributed by atoms with Crippen LogP contribution in [0.3, 0.4) is 0 Å². The van der Waals surface area contributed by atoms with Gasteiger partial charge in [0.2, 0.25) is 0 Å². The molecule has 8 heteroatoms. The largest absolute Gasteiger partial charge is 0.497 e. The maximum Gasteiger partial charge on any atom is 0.314 e. The first-order chi connectivity index (χ1) is 15.5. The van der Waals surface area contributed by atoms with Crippen molar-refractivity contribution < 1.29 is 19.1 Å². The molecule has 0 saturated carbocycles. The van der Waals surface area contributed by atoms with E-state index in [1.807, 2.05) is 24.3 Å². The van der Waals surface area contributed by atoms with E-state index in [4.69, 9.17) is 9.47 Å². The third kappa shape index (κ3) is 4.55. The molecule has 0 aliphatic carbocycles. The number of benzene rings is 3. The molecule has 162 valence electrons. The number of ether oxygens (including phenoxy) is 2. The molecule has 2 N–H and O–H groups in total. The molecule has 0 fully saturated rings. The molecule has 1 aromatic heterocycles. The maximum absolute atomic E-state index is 12.4. The number of aryl methyl sites for hydroxylation is 1. The van der Waals surface area contributed by atoms with Crippen molar-refractivity contribution in [2.75, 3.05) is 24.9 Å². The highest BCUT2D eigenvalue weighted by molar-refractivity contribution is 7.21. The lowest BCUT2D eigenvalue weighted by atomic mass is 10.2. The van der Waals surface area contributed by atoms with Gasteiger partial charge in [0, 0.05) is 17.3 Å². The molecule has 2 amide bonds. The summed E-state index contributed by atoms with van der Waals surface area (Å²) < 4.78 is 11.5. The summed E-state index contributed by atoms with van der Waals surface area (Å²) in [5.41, 5.74) is 3.93. The van der Waals surface area contributed by atoms with Crippen molar-refractivity contribution in [3.63, 3.8) is 0 Å².